The fourth-order valence-corrected chi connectivity index (χ4v) is 5.07. The number of amides is 2. The molecular formula is C27H36FN7O. The van der Waals surface area contributed by atoms with Crippen LogP contribution in [0.15, 0.2) is 42.5 Å². The van der Waals surface area contributed by atoms with Crippen LogP contribution in [0.1, 0.15) is 44.7 Å². The highest BCUT2D eigenvalue weighted by atomic mass is 19.1. The minimum atomic E-state index is -0.240. The number of anilines is 1. The van der Waals surface area contributed by atoms with Crippen LogP contribution in [-0.4, -0.2) is 45.4 Å². The first-order valence-electron chi connectivity index (χ1n) is 12.6. The van der Waals surface area contributed by atoms with Gasteiger partial charge in [0.2, 0.25) is 0 Å². The van der Waals surface area contributed by atoms with Crippen LogP contribution in [0.4, 0.5) is 14.9 Å². The number of carbonyl (C=O) groups excluding carboxylic acids is 1. The Kier molecular flexibility index (Phi) is 7.98. The Morgan fingerprint density at radius 3 is 2.67 bits per heavy atom. The van der Waals surface area contributed by atoms with E-state index in [1.54, 1.807) is 11.7 Å². The van der Waals surface area contributed by atoms with Gasteiger partial charge in [0.15, 0.2) is 5.82 Å². The van der Waals surface area contributed by atoms with Crippen molar-refractivity contribution < 1.29 is 9.18 Å². The summed E-state index contributed by atoms with van der Waals surface area (Å²) in [7, 11) is 1.79. The minimum Gasteiger partial charge on any atom is -0.335 e. The third kappa shape index (κ3) is 6.26. The standard InChI is InChI=1S/C27H36FN7O/c1-5-18-14-20(25-32-33-34-35(25)4)16-22(15-18)30-26(36)31-24(23-17-29-13-12-27(23,2)3)11-8-19-6-9-21(28)10-7-19/h6-7,9-10,14-16,23-24,29H,5,8,11-13,17H2,1-4H3,(H2,30,31,36). The quantitative estimate of drug-likeness (QED) is 0.434. The number of hydrogen-bond acceptors (Lipinski definition) is 5. The van der Waals surface area contributed by atoms with Crippen molar-refractivity contribution in [1.29, 1.82) is 0 Å². The summed E-state index contributed by atoms with van der Waals surface area (Å²) < 4.78 is 15.0. The van der Waals surface area contributed by atoms with Crippen LogP contribution in [0.3, 0.4) is 0 Å². The Bertz CT molecular complexity index is 1180. The van der Waals surface area contributed by atoms with E-state index in [0.29, 0.717) is 11.5 Å². The topological polar surface area (TPSA) is 96.8 Å². The number of hydrogen-bond donors (Lipinski definition) is 3. The van der Waals surface area contributed by atoms with Gasteiger partial charge in [0.25, 0.3) is 0 Å². The van der Waals surface area contributed by atoms with Gasteiger partial charge < -0.3 is 16.0 Å². The van der Waals surface area contributed by atoms with Crippen molar-refractivity contribution >= 4 is 11.7 Å². The summed E-state index contributed by atoms with van der Waals surface area (Å²) in [6, 6.07) is 12.2. The van der Waals surface area contributed by atoms with Crippen molar-refractivity contribution in [2.45, 2.75) is 52.5 Å². The molecule has 1 aliphatic heterocycles. The number of tetrazole rings is 1. The average molecular weight is 494 g/mol. The van der Waals surface area contributed by atoms with Crippen LogP contribution in [0.25, 0.3) is 11.4 Å². The van der Waals surface area contributed by atoms with Gasteiger partial charge in [-0.15, -0.1) is 5.10 Å². The van der Waals surface area contributed by atoms with E-state index in [1.165, 1.54) is 12.1 Å². The van der Waals surface area contributed by atoms with E-state index in [2.05, 4.69) is 52.2 Å². The van der Waals surface area contributed by atoms with Crippen LogP contribution in [0.5, 0.6) is 0 Å². The van der Waals surface area contributed by atoms with Crippen molar-refractivity contribution in [3.8, 4) is 11.4 Å². The molecule has 1 aromatic heterocycles. The van der Waals surface area contributed by atoms with Crippen molar-refractivity contribution in [3.63, 3.8) is 0 Å². The zero-order valence-corrected chi connectivity index (χ0v) is 21.5. The number of carbonyl (C=O) groups is 1. The molecule has 2 unspecified atom stereocenters. The lowest BCUT2D eigenvalue weighted by Crippen LogP contribution is -2.54. The molecule has 36 heavy (non-hydrogen) atoms. The molecule has 8 nitrogen and oxygen atoms in total. The first-order chi connectivity index (χ1) is 17.2. The Morgan fingerprint density at radius 2 is 2.00 bits per heavy atom. The number of nitrogens with zero attached hydrogens (tertiary/aromatic N) is 4. The molecule has 0 spiro atoms. The molecule has 1 saturated heterocycles. The molecule has 9 heteroatoms. The Labute approximate surface area is 212 Å². The number of piperidine rings is 1. The fourth-order valence-electron chi connectivity index (χ4n) is 5.07. The van der Waals surface area contributed by atoms with E-state index < -0.39 is 0 Å². The second kappa shape index (κ2) is 11.2. The predicted molar refractivity (Wildman–Crippen MR) is 139 cm³/mol. The van der Waals surface area contributed by atoms with Gasteiger partial charge in [0.05, 0.1) is 0 Å². The normalized spacial score (nSPS) is 18.0. The lowest BCUT2D eigenvalue weighted by Gasteiger charge is -2.43. The monoisotopic (exact) mass is 493 g/mol. The highest BCUT2D eigenvalue weighted by Gasteiger charge is 2.38. The van der Waals surface area contributed by atoms with Gasteiger partial charge in [-0.05, 0) is 95.4 Å². The molecule has 0 bridgehead atoms. The van der Waals surface area contributed by atoms with Crippen LogP contribution in [-0.2, 0) is 19.9 Å². The summed E-state index contributed by atoms with van der Waals surface area (Å²) in [6.45, 7) is 8.44. The van der Waals surface area contributed by atoms with Gasteiger partial charge >= 0.3 is 6.03 Å². The van der Waals surface area contributed by atoms with Gasteiger partial charge in [0, 0.05) is 30.9 Å². The second-order valence-corrected chi connectivity index (χ2v) is 10.3. The third-order valence-corrected chi connectivity index (χ3v) is 7.31. The molecule has 192 valence electrons. The van der Waals surface area contributed by atoms with E-state index in [4.69, 9.17) is 0 Å². The van der Waals surface area contributed by atoms with E-state index in [1.807, 2.05) is 30.3 Å². The van der Waals surface area contributed by atoms with Crippen LogP contribution >= 0.6 is 0 Å². The number of rotatable bonds is 8. The summed E-state index contributed by atoms with van der Waals surface area (Å²) in [6.07, 6.45) is 3.38. The molecule has 1 fully saturated rings. The van der Waals surface area contributed by atoms with Crippen molar-refractivity contribution in [3.05, 3.63) is 59.4 Å². The zero-order chi connectivity index (χ0) is 25.7. The molecular weight excluding hydrogens is 457 g/mol. The highest BCUT2D eigenvalue weighted by Crippen LogP contribution is 2.36. The minimum absolute atomic E-state index is 0.0466. The van der Waals surface area contributed by atoms with Gasteiger partial charge in [-0.25, -0.2) is 13.9 Å². The maximum absolute atomic E-state index is 13.4. The zero-order valence-electron chi connectivity index (χ0n) is 21.5. The van der Waals surface area contributed by atoms with Gasteiger partial charge in [-0.1, -0.05) is 32.9 Å². The summed E-state index contributed by atoms with van der Waals surface area (Å²) in [5.41, 5.74) is 3.77. The lowest BCUT2D eigenvalue weighted by molar-refractivity contribution is 0.112. The first kappa shape index (κ1) is 25.8. The van der Waals surface area contributed by atoms with Crippen molar-refractivity contribution in [1.82, 2.24) is 30.8 Å². The number of aryl methyl sites for hydroxylation is 3. The Morgan fingerprint density at radius 1 is 1.22 bits per heavy atom. The van der Waals surface area contributed by atoms with E-state index in [-0.39, 0.29) is 29.2 Å². The summed E-state index contributed by atoms with van der Waals surface area (Å²) in [4.78, 5) is 13.3. The van der Waals surface area contributed by atoms with Crippen LogP contribution in [0.2, 0.25) is 0 Å². The van der Waals surface area contributed by atoms with Crippen molar-refractivity contribution in [2.24, 2.45) is 18.4 Å². The van der Waals surface area contributed by atoms with Crippen LogP contribution in [0, 0.1) is 17.2 Å². The smallest absolute Gasteiger partial charge is 0.319 e. The summed E-state index contributed by atoms with van der Waals surface area (Å²) in [5.74, 6) is 0.664. The second-order valence-electron chi connectivity index (χ2n) is 10.3. The van der Waals surface area contributed by atoms with Gasteiger partial charge in [-0.3, -0.25) is 0 Å². The Balaban J connectivity index is 1.52. The molecule has 1 aliphatic rings. The van der Waals surface area contributed by atoms with Crippen LogP contribution < -0.4 is 16.0 Å². The number of halogens is 1. The van der Waals surface area contributed by atoms with E-state index in [0.717, 1.165) is 55.5 Å². The molecule has 2 aromatic carbocycles. The number of aromatic nitrogens is 4. The largest absolute Gasteiger partial charge is 0.335 e. The lowest BCUT2D eigenvalue weighted by atomic mass is 9.69. The maximum atomic E-state index is 13.4. The van der Waals surface area contributed by atoms with E-state index in [9.17, 15) is 9.18 Å². The maximum Gasteiger partial charge on any atom is 0.319 e. The molecule has 2 heterocycles. The SMILES string of the molecule is CCc1cc(NC(=O)NC(CCc2ccc(F)cc2)C2CNCCC2(C)C)cc(-c2nnnn2C)c1. The first-order valence-corrected chi connectivity index (χ1v) is 12.6. The molecule has 3 aromatic rings. The number of urea groups is 1. The number of benzene rings is 2. The molecule has 0 saturated carbocycles. The van der Waals surface area contributed by atoms with E-state index >= 15 is 0 Å². The van der Waals surface area contributed by atoms with Crippen molar-refractivity contribution in [2.75, 3.05) is 18.4 Å². The molecule has 2 atom stereocenters. The average Bonchev–Trinajstić information content (AvgIpc) is 3.28. The summed E-state index contributed by atoms with van der Waals surface area (Å²) >= 11 is 0. The molecule has 4 rings (SSSR count). The Hall–Kier alpha value is -3.33. The van der Waals surface area contributed by atoms with Gasteiger partial charge in [0.1, 0.15) is 5.82 Å². The highest BCUT2D eigenvalue weighted by molar-refractivity contribution is 5.90. The molecule has 2 amide bonds. The summed E-state index contributed by atoms with van der Waals surface area (Å²) in [5, 5.41) is 21.6. The molecule has 3 N–H and O–H groups in total. The molecule has 0 aliphatic carbocycles. The predicted octanol–water partition coefficient (Wildman–Crippen LogP) is 4.34. The molecule has 0 radical (unpaired) electrons. The third-order valence-electron chi connectivity index (χ3n) is 7.31. The number of nitrogens with one attached hydrogen (secondary N) is 3. The van der Waals surface area contributed by atoms with Gasteiger partial charge in [-0.2, -0.15) is 0 Å². The fraction of sp³-hybridized carbons (Fsp3) is 0.481.